The van der Waals surface area contributed by atoms with Crippen LogP contribution in [0.25, 0.3) is 0 Å². The molecule has 0 fully saturated rings. The standard InChI is InChI=1S/C22H23N5O4/c1-3-30-19-10-15(17-11-20(28)26-22-23-13-24-27(17)22)8-9-18(19)31-12-21(29)25-16-7-5-4-6-14(16)2/h4-10,13,17H,3,11-12H2,1-2H3,(H,25,29)(H,23,24,26,28)/t17-/m0/s1. The van der Waals surface area contributed by atoms with Gasteiger partial charge in [0.1, 0.15) is 6.33 Å². The van der Waals surface area contributed by atoms with Gasteiger partial charge in [-0.05, 0) is 43.2 Å². The first kappa shape index (κ1) is 20.4. The van der Waals surface area contributed by atoms with Gasteiger partial charge < -0.3 is 14.8 Å². The minimum absolute atomic E-state index is 0.128. The molecular formula is C22H23N5O4. The van der Waals surface area contributed by atoms with E-state index in [9.17, 15) is 9.59 Å². The molecule has 3 aromatic rings. The van der Waals surface area contributed by atoms with Crippen LogP contribution in [0.15, 0.2) is 48.8 Å². The number of carbonyl (C=O) groups excluding carboxylic acids is 2. The molecule has 0 aliphatic carbocycles. The highest BCUT2D eigenvalue weighted by Crippen LogP contribution is 2.35. The summed E-state index contributed by atoms with van der Waals surface area (Å²) in [7, 11) is 0. The third kappa shape index (κ3) is 4.50. The Balaban J connectivity index is 1.50. The van der Waals surface area contributed by atoms with E-state index in [1.165, 1.54) is 6.33 Å². The number of aryl methyl sites for hydroxylation is 1. The van der Waals surface area contributed by atoms with Gasteiger partial charge in [-0.1, -0.05) is 24.3 Å². The Bertz CT molecular complexity index is 1110. The maximum Gasteiger partial charge on any atom is 0.262 e. The number of fused-ring (bicyclic) bond motifs is 1. The number of nitrogens with zero attached hydrogens (tertiary/aromatic N) is 3. The summed E-state index contributed by atoms with van der Waals surface area (Å²) in [5.74, 6) is 0.960. The zero-order chi connectivity index (χ0) is 21.8. The summed E-state index contributed by atoms with van der Waals surface area (Å²) in [6.45, 7) is 4.06. The molecule has 31 heavy (non-hydrogen) atoms. The van der Waals surface area contributed by atoms with Crippen LogP contribution in [0.1, 0.15) is 30.5 Å². The van der Waals surface area contributed by atoms with Gasteiger partial charge >= 0.3 is 0 Å². The van der Waals surface area contributed by atoms with Crippen molar-refractivity contribution in [2.24, 2.45) is 0 Å². The molecule has 1 aliphatic rings. The van der Waals surface area contributed by atoms with Gasteiger partial charge in [-0.25, -0.2) is 4.68 Å². The van der Waals surface area contributed by atoms with Gasteiger partial charge in [0, 0.05) is 5.69 Å². The summed E-state index contributed by atoms with van der Waals surface area (Å²) < 4.78 is 13.1. The van der Waals surface area contributed by atoms with Crippen LogP contribution >= 0.6 is 0 Å². The quantitative estimate of drug-likeness (QED) is 0.607. The van der Waals surface area contributed by atoms with Crippen LogP contribution in [-0.4, -0.2) is 39.8 Å². The van der Waals surface area contributed by atoms with Gasteiger partial charge in [0.15, 0.2) is 18.1 Å². The van der Waals surface area contributed by atoms with Crippen LogP contribution in [0.2, 0.25) is 0 Å². The van der Waals surface area contributed by atoms with E-state index >= 15 is 0 Å². The van der Waals surface area contributed by atoms with Gasteiger partial charge in [-0.3, -0.25) is 14.9 Å². The van der Waals surface area contributed by atoms with Crippen LogP contribution in [0.3, 0.4) is 0 Å². The summed E-state index contributed by atoms with van der Waals surface area (Å²) in [6, 6.07) is 12.6. The predicted octanol–water partition coefficient (Wildman–Crippen LogP) is 2.93. The molecule has 1 aliphatic heterocycles. The second-order valence-electron chi connectivity index (χ2n) is 7.09. The molecule has 1 aromatic heterocycles. The maximum absolute atomic E-state index is 12.3. The maximum atomic E-state index is 12.3. The number of ether oxygens (including phenoxy) is 2. The number of amides is 2. The average molecular weight is 421 g/mol. The Kier molecular flexibility index (Phi) is 5.83. The second-order valence-corrected chi connectivity index (χ2v) is 7.09. The van der Waals surface area contributed by atoms with Crippen molar-refractivity contribution in [3.05, 3.63) is 59.9 Å². The van der Waals surface area contributed by atoms with E-state index in [0.29, 0.717) is 24.1 Å². The van der Waals surface area contributed by atoms with Crippen LogP contribution in [0.4, 0.5) is 11.6 Å². The van der Waals surface area contributed by atoms with Gasteiger partial charge in [0.05, 0.1) is 19.1 Å². The highest BCUT2D eigenvalue weighted by molar-refractivity contribution is 5.92. The largest absolute Gasteiger partial charge is 0.490 e. The second kappa shape index (κ2) is 8.86. The number of nitrogens with one attached hydrogen (secondary N) is 2. The fourth-order valence-electron chi connectivity index (χ4n) is 3.43. The van der Waals surface area contributed by atoms with Crippen LogP contribution in [-0.2, 0) is 9.59 Å². The van der Waals surface area contributed by atoms with E-state index in [4.69, 9.17) is 9.47 Å². The van der Waals surface area contributed by atoms with Crippen molar-refractivity contribution < 1.29 is 19.1 Å². The fourth-order valence-corrected chi connectivity index (χ4v) is 3.43. The number of aromatic nitrogens is 3. The number of carbonyl (C=O) groups is 2. The highest BCUT2D eigenvalue weighted by Gasteiger charge is 2.28. The first-order valence-electron chi connectivity index (χ1n) is 9.99. The number of rotatable bonds is 7. The number of hydrogen-bond donors (Lipinski definition) is 2. The molecule has 2 aromatic carbocycles. The van der Waals surface area contributed by atoms with Crippen molar-refractivity contribution in [3.8, 4) is 11.5 Å². The summed E-state index contributed by atoms with van der Waals surface area (Å²) in [5.41, 5.74) is 2.55. The van der Waals surface area contributed by atoms with E-state index in [0.717, 1.165) is 16.8 Å². The third-order valence-electron chi connectivity index (χ3n) is 4.93. The topological polar surface area (TPSA) is 107 Å². The van der Waals surface area contributed by atoms with E-state index in [1.807, 2.05) is 50.2 Å². The van der Waals surface area contributed by atoms with Crippen molar-refractivity contribution in [2.45, 2.75) is 26.3 Å². The van der Waals surface area contributed by atoms with E-state index in [-0.39, 0.29) is 30.9 Å². The molecule has 0 bridgehead atoms. The number of benzene rings is 2. The molecule has 0 spiro atoms. The van der Waals surface area contributed by atoms with Crippen molar-refractivity contribution in [2.75, 3.05) is 23.8 Å². The van der Waals surface area contributed by atoms with Gasteiger partial charge in [-0.15, -0.1) is 0 Å². The Morgan fingerprint density at radius 1 is 1.23 bits per heavy atom. The lowest BCUT2D eigenvalue weighted by Gasteiger charge is -2.24. The molecule has 4 rings (SSSR count). The smallest absolute Gasteiger partial charge is 0.262 e. The van der Waals surface area contributed by atoms with Gasteiger partial charge in [0.2, 0.25) is 11.9 Å². The lowest BCUT2D eigenvalue weighted by Crippen LogP contribution is -2.29. The Morgan fingerprint density at radius 2 is 2.06 bits per heavy atom. The molecule has 1 atom stereocenters. The van der Waals surface area contributed by atoms with Crippen LogP contribution < -0.4 is 20.1 Å². The molecule has 0 radical (unpaired) electrons. The zero-order valence-electron chi connectivity index (χ0n) is 17.3. The third-order valence-corrected chi connectivity index (χ3v) is 4.93. The molecule has 2 amide bonds. The van der Waals surface area contributed by atoms with Crippen LogP contribution in [0, 0.1) is 6.92 Å². The van der Waals surface area contributed by atoms with E-state index in [2.05, 4.69) is 20.7 Å². The highest BCUT2D eigenvalue weighted by atomic mass is 16.5. The van der Waals surface area contributed by atoms with Crippen molar-refractivity contribution in [1.29, 1.82) is 0 Å². The first-order valence-corrected chi connectivity index (χ1v) is 9.99. The number of hydrogen-bond acceptors (Lipinski definition) is 6. The van der Waals surface area contributed by atoms with E-state index in [1.54, 1.807) is 10.7 Å². The van der Waals surface area contributed by atoms with Crippen molar-refractivity contribution in [1.82, 2.24) is 14.8 Å². The predicted molar refractivity (Wildman–Crippen MR) is 114 cm³/mol. The van der Waals surface area contributed by atoms with Crippen molar-refractivity contribution in [3.63, 3.8) is 0 Å². The summed E-state index contributed by atoms with van der Waals surface area (Å²) in [4.78, 5) is 28.4. The number of para-hydroxylation sites is 1. The minimum atomic E-state index is -0.302. The van der Waals surface area contributed by atoms with Gasteiger partial charge in [0.25, 0.3) is 5.91 Å². The molecule has 2 heterocycles. The summed E-state index contributed by atoms with van der Waals surface area (Å²) in [5, 5.41) is 9.76. The van der Waals surface area contributed by atoms with Crippen LogP contribution in [0.5, 0.6) is 11.5 Å². The van der Waals surface area contributed by atoms with E-state index < -0.39 is 0 Å². The molecule has 0 unspecified atom stereocenters. The average Bonchev–Trinajstić information content (AvgIpc) is 3.22. The first-order chi connectivity index (χ1) is 15.0. The SMILES string of the molecule is CCOc1cc([C@@H]2CC(=O)Nc3ncnn32)ccc1OCC(=O)Nc1ccccc1C. The van der Waals surface area contributed by atoms with Gasteiger partial charge in [-0.2, -0.15) is 10.1 Å². The molecule has 0 saturated carbocycles. The monoisotopic (exact) mass is 421 g/mol. The van der Waals surface area contributed by atoms with Crippen molar-refractivity contribution >= 4 is 23.5 Å². The summed E-state index contributed by atoms with van der Waals surface area (Å²) in [6.07, 6.45) is 1.64. The molecular weight excluding hydrogens is 398 g/mol. The molecule has 2 N–H and O–H groups in total. The normalized spacial score (nSPS) is 15.0. The minimum Gasteiger partial charge on any atom is -0.490 e. The molecule has 9 nitrogen and oxygen atoms in total. The molecule has 160 valence electrons. The fraction of sp³-hybridized carbons (Fsp3) is 0.273. The lowest BCUT2D eigenvalue weighted by atomic mass is 10.0. The molecule has 9 heteroatoms. The number of anilines is 2. The Hall–Kier alpha value is -3.88. The zero-order valence-corrected chi connectivity index (χ0v) is 17.3. The lowest BCUT2D eigenvalue weighted by molar-refractivity contribution is -0.118. The summed E-state index contributed by atoms with van der Waals surface area (Å²) >= 11 is 0. The Morgan fingerprint density at radius 3 is 2.87 bits per heavy atom. The molecule has 0 saturated heterocycles. The Labute approximate surface area is 179 Å².